The summed E-state index contributed by atoms with van der Waals surface area (Å²) in [4.78, 5) is 10.1. The Hall–Kier alpha value is -0.410. The van der Waals surface area contributed by atoms with Gasteiger partial charge in [-0.2, -0.15) is 0 Å². The van der Waals surface area contributed by atoms with Crippen LogP contribution in [0.1, 0.15) is 38.5 Å². The van der Waals surface area contributed by atoms with Gasteiger partial charge in [-0.25, -0.2) is 0 Å². The van der Waals surface area contributed by atoms with Gasteiger partial charge in [0.25, 0.3) is 0 Å². The van der Waals surface area contributed by atoms with Crippen LogP contribution in [0.2, 0.25) is 0 Å². The Morgan fingerprint density at radius 1 is 1.31 bits per heavy atom. The minimum absolute atomic E-state index is 0.324. The number of rotatable bonds is 3. The molecule has 0 bridgehead atoms. The zero-order valence-corrected chi connectivity index (χ0v) is 8.28. The first-order chi connectivity index (χ1) is 6.34. The van der Waals surface area contributed by atoms with E-state index in [-0.39, 0.29) is 6.10 Å². The third-order valence-corrected chi connectivity index (χ3v) is 2.53. The quantitative estimate of drug-likeness (QED) is 0.653. The SMILES string of the molecule is CO.O=CCC(O)C1CCCCC1. The monoisotopic (exact) mass is 188 g/mol. The molecule has 78 valence electrons. The summed E-state index contributed by atoms with van der Waals surface area (Å²) in [5, 5.41) is 16.4. The molecule has 1 saturated carbocycles. The first-order valence-corrected chi connectivity index (χ1v) is 4.91. The zero-order chi connectivity index (χ0) is 10.1. The molecule has 0 aliphatic heterocycles. The standard InChI is InChI=1S/C9H16O2.CH4O/c10-7-6-9(11)8-4-2-1-3-5-8;1-2/h7-9,11H,1-6H2;2H,1H3. The highest BCUT2D eigenvalue weighted by molar-refractivity contribution is 5.50. The van der Waals surface area contributed by atoms with Crippen molar-refractivity contribution in [1.82, 2.24) is 0 Å². The molecule has 0 amide bonds. The predicted octanol–water partition coefficient (Wildman–Crippen LogP) is 1.13. The Morgan fingerprint density at radius 3 is 2.31 bits per heavy atom. The minimum atomic E-state index is -0.368. The summed E-state index contributed by atoms with van der Waals surface area (Å²) >= 11 is 0. The molecule has 1 atom stereocenters. The van der Waals surface area contributed by atoms with Crippen molar-refractivity contribution in [3.63, 3.8) is 0 Å². The molecule has 3 nitrogen and oxygen atoms in total. The number of aldehydes is 1. The fourth-order valence-electron chi connectivity index (χ4n) is 1.81. The lowest BCUT2D eigenvalue weighted by Gasteiger charge is -2.25. The van der Waals surface area contributed by atoms with Gasteiger partial charge in [-0.15, -0.1) is 0 Å². The number of hydrogen-bond acceptors (Lipinski definition) is 3. The van der Waals surface area contributed by atoms with Crippen LogP contribution in [-0.4, -0.2) is 29.7 Å². The molecule has 0 spiro atoms. The first kappa shape index (κ1) is 12.6. The molecule has 1 fully saturated rings. The molecule has 0 saturated heterocycles. The second-order valence-electron chi connectivity index (χ2n) is 3.37. The fourth-order valence-corrected chi connectivity index (χ4v) is 1.81. The molecule has 1 aliphatic carbocycles. The van der Waals surface area contributed by atoms with E-state index in [2.05, 4.69) is 0 Å². The molecular formula is C10H20O3. The predicted molar refractivity (Wildman–Crippen MR) is 51.4 cm³/mol. The van der Waals surface area contributed by atoms with Crippen molar-refractivity contribution in [2.45, 2.75) is 44.6 Å². The van der Waals surface area contributed by atoms with Gasteiger partial charge >= 0.3 is 0 Å². The minimum Gasteiger partial charge on any atom is -0.400 e. The first-order valence-electron chi connectivity index (χ1n) is 4.91. The summed E-state index contributed by atoms with van der Waals surface area (Å²) in [6.07, 6.45) is 6.73. The summed E-state index contributed by atoms with van der Waals surface area (Å²) in [5.41, 5.74) is 0. The van der Waals surface area contributed by atoms with Crippen molar-refractivity contribution in [3.05, 3.63) is 0 Å². The van der Waals surface area contributed by atoms with E-state index in [0.717, 1.165) is 26.2 Å². The van der Waals surface area contributed by atoms with E-state index < -0.39 is 0 Å². The molecular weight excluding hydrogens is 168 g/mol. The number of aliphatic hydroxyl groups excluding tert-OH is 2. The van der Waals surface area contributed by atoms with Crippen molar-refractivity contribution < 1.29 is 15.0 Å². The van der Waals surface area contributed by atoms with Gasteiger partial charge in [0.1, 0.15) is 6.29 Å². The van der Waals surface area contributed by atoms with Gasteiger partial charge < -0.3 is 15.0 Å². The van der Waals surface area contributed by atoms with Crippen LogP contribution < -0.4 is 0 Å². The normalized spacial score (nSPS) is 19.9. The Bertz CT molecular complexity index is 119. The summed E-state index contributed by atoms with van der Waals surface area (Å²) in [6, 6.07) is 0. The number of carbonyl (C=O) groups is 1. The van der Waals surface area contributed by atoms with E-state index >= 15 is 0 Å². The lowest BCUT2D eigenvalue weighted by molar-refractivity contribution is -0.110. The lowest BCUT2D eigenvalue weighted by Crippen LogP contribution is -2.22. The molecule has 0 aromatic heterocycles. The largest absolute Gasteiger partial charge is 0.400 e. The van der Waals surface area contributed by atoms with E-state index in [1.165, 1.54) is 19.3 Å². The van der Waals surface area contributed by atoms with Gasteiger partial charge in [0, 0.05) is 13.5 Å². The molecule has 3 heteroatoms. The van der Waals surface area contributed by atoms with Crippen LogP contribution in [0.25, 0.3) is 0 Å². The summed E-state index contributed by atoms with van der Waals surface area (Å²) in [5.74, 6) is 0.397. The topological polar surface area (TPSA) is 57.5 Å². The van der Waals surface area contributed by atoms with Gasteiger partial charge in [-0.1, -0.05) is 19.3 Å². The van der Waals surface area contributed by atoms with E-state index in [1.54, 1.807) is 0 Å². The van der Waals surface area contributed by atoms with Gasteiger partial charge in [0.2, 0.25) is 0 Å². The maximum atomic E-state index is 10.1. The Kier molecular flexibility index (Phi) is 7.94. The molecule has 0 heterocycles. The van der Waals surface area contributed by atoms with Gasteiger partial charge in [-0.05, 0) is 18.8 Å². The van der Waals surface area contributed by atoms with Crippen LogP contribution in [0.15, 0.2) is 0 Å². The van der Waals surface area contributed by atoms with Crippen molar-refractivity contribution in [2.24, 2.45) is 5.92 Å². The number of aliphatic hydroxyl groups is 2. The summed E-state index contributed by atoms with van der Waals surface area (Å²) in [7, 11) is 1.00. The third kappa shape index (κ3) is 5.01. The Balaban J connectivity index is 0.000000671. The second kappa shape index (κ2) is 8.20. The number of hydrogen-bond donors (Lipinski definition) is 2. The van der Waals surface area contributed by atoms with Crippen molar-refractivity contribution in [1.29, 1.82) is 0 Å². The van der Waals surface area contributed by atoms with Crippen molar-refractivity contribution in [3.8, 4) is 0 Å². The maximum absolute atomic E-state index is 10.1. The summed E-state index contributed by atoms with van der Waals surface area (Å²) < 4.78 is 0. The van der Waals surface area contributed by atoms with Crippen LogP contribution >= 0.6 is 0 Å². The smallest absolute Gasteiger partial charge is 0.122 e. The van der Waals surface area contributed by atoms with Gasteiger partial charge in [0.05, 0.1) is 6.10 Å². The molecule has 0 aromatic carbocycles. The average Bonchev–Trinajstić information content (AvgIpc) is 2.23. The third-order valence-electron chi connectivity index (χ3n) is 2.53. The van der Waals surface area contributed by atoms with E-state index in [9.17, 15) is 9.90 Å². The number of carbonyl (C=O) groups excluding carboxylic acids is 1. The molecule has 0 radical (unpaired) electrons. The molecule has 13 heavy (non-hydrogen) atoms. The Labute approximate surface area is 79.8 Å². The van der Waals surface area contributed by atoms with Crippen LogP contribution in [0.3, 0.4) is 0 Å². The molecule has 2 N–H and O–H groups in total. The van der Waals surface area contributed by atoms with E-state index in [4.69, 9.17) is 5.11 Å². The zero-order valence-electron chi connectivity index (χ0n) is 8.28. The highest BCUT2D eigenvalue weighted by atomic mass is 16.3. The molecule has 1 unspecified atom stereocenters. The maximum Gasteiger partial charge on any atom is 0.122 e. The van der Waals surface area contributed by atoms with E-state index in [0.29, 0.717) is 12.3 Å². The lowest BCUT2D eigenvalue weighted by atomic mass is 9.84. The molecule has 0 aromatic rings. The highest BCUT2D eigenvalue weighted by Crippen LogP contribution is 2.27. The molecule has 1 aliphatic rings. The van der Waals surface area contributed by atoms with Gasteiger partial charge in [-0.3, -0.25) is 0 Å². The van der Waals surface area contributed by atoms with Crippen LogP contribution in [0.5, 0.6) is 0 Å². The fraction of sp³-hybridized carbons (Fsp3) is 0.900. The van der Waals surface area contributed by atoms with Crippen LogP contribution in [0, 0.1) is 5.92 Å². The van der Waals surface area contributed by atoms with Crippen molar-refractivity contribution in [2.75, 3.05) is 7.11 Å². The van der Waals surface area contributed by atoms with Gasteiger partial charge in [0.15, 0.2) is 0 Å². The van der Waals surface area contributed by atoms with E-state index in [1.807, 2.05) is 0 Å². The molecule has 1 rings (SSSR count). The second-order valence-corrected chi connectivity index (χ2v) is 3.37. The van der Waals surface area contributed by atoms with Crippen LogP contribution in [0.4, 0.5) is 0 Å². The summed E-state index contributed by atoms with van der Waals surface area (Å²) in [6.45, 7) is 0. The van der Waals surface area contributed by atoms with Crippen molar-refractivity contribution >= 4 is 6.29 Å². The Morgan fingerprint density at radius 2 is 1.85 bits per heavy atom. The average molecular weight is 188 g/mol. The highest BCUT2D eigenvalue weighted by Gasteiger charge is 2.20. The van der Waals surface area contributed by atoms with Crippen LogP contribution in [-0.2, 0) is 4.79 Å².